The van der Waals surface area contributed by atoms with Gasteiger partial charge in [-0.25, -0.2) is 4.79 Å². The summed E-state index contributed by atoms with van der Waals surface area (Å²) in [6.07, 6.45) is 2.10. The van der Waals surface area contributed by atoms with E-state index in [1.54, 1.807) is 24.3 Å². The van der Waals surface area contributed by atoms with Crippen molar-refractivity contribution in [1.29, 1.82) is 0 Å². The summed E-state index contributed by atoms with van der Waals surface area (Å²) in [5, 5.41) is 14.3. The minimum atomic E-state index is -0.471. The van der Waals surface area contributed by atoms with Crippen LogP contribution in [0.4, 0.5) is 17.1 Å². The third-order valence-electron chi connectivity index (χ3n) is 5.00. The summed E-state index contributed by atoms with van der Waals surface area (Å²) in [5.74, 6) is -0.460. The van der Waals surface area contributed by atoms with Crippen LogP contribution in [0.3, 0.4) is 0 Å². The molecule has 2 aromatic rings. The highest BCUT2D eigenvalue weighted by atomic mass is 16.6. The summed E-state index contributed by atoms with van der Waals surface area (Å²) in [7, 11) is 1.29. The first-order valence-corrected chi connectivity index (χ1v) is 9.42. The Morgan fingerprint density at radius 1 is 1.17 bits per heavy atom. The normalized spacial score (nSPS) is 16.2. The number of rotatable bonds is 5. The number of nitro groups is 1. The average molecular weight is 397 g/mol. The van der Waals surface area contributed by atoms with Gasteiger partial charge in [-0.15, -0.1) is 0 Å². The van der Waals surface area contributed by atoms with Gasteiger partial charge in [-0.3, -0.25) is 14.9 Å². The molecule has 0 saturated carbocycles. The molecule has 0 spiro atoms. The molecule has 8 nitrogen and oxygen atoms in total. The monoisotopic (exact) mass is 397 g/mol. The average Bonchev–Trinajstić information content (AvgIpc) is 2.73. The van der Waals surface area contributed by atoms with Crippen molar-refractivity contribution in [2.24, 2.45) is 5.92 Å². The summed E-state index contributed by atoms with van der Waals surface area (Å²) in [6.45, 7) is 3.66. The fourth-order valence-corrected chi connectivity index (χ4v) is 3.50. The maximum absolute atomic E-state index is 12.6. The first kappa shape index (κ1) is 20.3. The van der Waals surface area contributed by atoms with E-state index in [1.165, 1.54) is 25.3 Å². The van der Waals surface area contributed by atoms with E-state index in [0.717, 1.165) is 25.9 Å². The maximum atomic E-state index is 12.6. The zero-order valence-electron chi connectivity index (χ0n) is 16.4. The van der Waals surface area contributed by atoms with Crippen molar-refractivity contribution in [2.45, 2.75) is 19.8 Å². The van der Waals surface area contributed by atoms with Crippen molar-refractivity contribution in [1.82, 2.24) is 0 Å². The Hall–Kier alpha value is -3.42. The molecule has 1 unspecified atom stereocenters. The van der Waals surface area contributed by atoms with E-state index >= 15 is 0 Å². The predicted octanol–water partition coefficient (Wildman–Crippen LogP) is 3.87. The first-order valence-electron chi connectivity index (χ1n) is 9.42. The number of amides is 1. The molecule has 8 heteroatoms. The molecular weight excluding hydrogens is 374 g/mol. The third-order valence-corrected chi connectivity index (χ3v) is 5.00. The lowest BCUT2D eigenvalue weighted by atomic mass is 9.99. The number of esters is 1. The van der Waals surface area contributed by atoms with Crippen molar-refractivity contribution < 1.29 is 19.2 Å². The van der Waals surface area contributed by atoms with Crippen LogP contribution in [0.5, 0.6) is 0 Å². The molecule has 1 saturated heterocycles. The second-order valence-corrected chi connectivity index (χ2v) is 7.18. The number of carbonyl (C=O) groups excluding carboxylic acids is 2. The van der Waals surface area contributed by atoms with Crippen molar-refractivity contribution in [3.8, 4) is 0 Å². The Balaban J connectivity index is 1.79. The van der Waals surface area contributed by atoms with Crippen LogP contribution in [0.1, 0.15) is 40.5 Å². The lowest BCUT2D eigenvalue weighted by Gasteiger charge is -2.32. The molecular formula is C21H23N3O5. The number of hydrogen-bond donors (Lipinski definition) is 1. The molecule has 1 N–H and O–H groups in total. The topological polar surface area (TPSA) is 102 Å². The van der Waals surface area contributed by atoms with E-state index in [9.17, 15) is 19.7 Å². The van der Waals surface area contributed by atoms with Gasteiger partial charge in [0.05, 0.1) is 17.6 Å². The molecule has 0 aliphatic carbocycles. The minimum Gasteiger partial charge on any atom is -0.465 e. The van der Waals surface area contributed by atoms with Crippen LogP contribution in [0.2, 0.25) is 0 Å². The molecule has 3 rings (SSSR count). The quantitative estimate of drug-likeness (QED) is 0.467. The van der Waals surface area contributed by atoms with E-state index in [4.69, 9.17) is 0 Å². The molecule has 2 aromatic carbocycles. The van der Waals surface area contributed by atoms with Crippen molar-refractivity contribution in [3.63, 3.8) is 0 Å². The number of nitro benzene ring substituents is 1. The number of anilines is 2. The van der Waals surface area contributed by atoms with Gasteiger partial charge in [-0.1, -0.05) is 6.92 Å². The van der Waals surface area contributed by atoms with Crippen molar-refractivity contribution >= 4 is 28.9 Å². The van der Waals surface area contributed by atoms with Crippen molar-refractivity contribution in [3.05, 3.63) is 63.7 Å². The highest BCUT2D eigenvalue weighted by molar-refractivity contribution is 6.05. The smallest absolute Gasteiger partial charge is 0.337 e. The summed E-state index contributed by atoms with van der Waals surface area (Å²) in [6, 6.07) is 10.8. The largest absolute Gasteiger partial charge is 0.465 e. The number of nitrogens with one attached hydrogen (secondary N) is 1. The summed E-state index contributed by atoms with van der Waals surface area (Å²) < 4.78 is 4.64. The minimum absolute atomic E-state index is 0.0761. The second-order valence-electron chi connectivity index (χ2n) is 7.18. The fraction of sp³-hybridized carbons (Fsp3) is 0.333. The van der Waals surface area contributed by atoms with Gasteiger partial charge in [-0.2, -0.15) is 0 Å². The van der Waals surface area contributed by atoms with Gasteiger partial charge < -0.3 is 15.0 Å². The molecule has 1 heterocycles. The SMILES string of the molecule is COC(=O)c1ccc(NC(=O)c2ccc(N3CCCC(C)C3)c([N+](=O)[O-])c2)cc1. The highest BCUT2D eigenvalue weighted by Crippen LogP contribution is 2.32. The standard InChI is InChI=1S/C21H23N3O5/c1-14-4-3-11-23(13-14)18-10-7-16(12-19(18)24(27)28)20(25)22-17-8-5-15(6-9-17)21(26)29-2/h5-10,12,14H,3-4,11,13H2,1-2H3,(H,22,25). The van der Waals surface area contributed by atoms with Crippen LogP contribution in [0.15, 0.2) is 42.5 Å². The van der Waals surface area contributed by atoms with E-state index in [2.05, 4.69) is 17.0 Å². The van der Waals surface area contributed by atoms with E-state index in [-0.39, 0.29) is 11.3 Å². The number of carbonyl (C=O) groups is 2. The third kappa shape index (κ3) is 4.71. The van der Waals surface area contributed by atoms with Gasteiger partial charge in [0.2, 0.25) is 0 Å². The van der Waals surface area contributed by atoms with Gasteiger partial charge in [-0.05, 0) is 55.2 Å². The zero-order valence-corrected chi connectivity index (χ0v) is 16.4. The lowest BCUT2D eigenvalue weighted by molar-refractivity contribution is -0.384. The van der Waals surface area contributed by atoms with Crippen molar-refractivity contribution in [2.75, 3.05) is 30.4 Å². The van der Waals surface area contributed by atoms with E-state index < -0.39 is 16.8 Å². The molecule has 1 fully saturated rings. The summed E-state index contributed by atoms with van der Waals surface area (Å²) in [5.41, 5.74) is 1.50. The molecule has 1 atom stereocenters. The van der Waals surface area contributed by atoms with Crippen LogP contribution >= 0.6 is 0 Å². The summed E-state index contributed by atoms with van der Waals surface area (Å²) in [4.78, 5) is 37.2. The Kier molecular flexibility index (Phi) is 6.11. The molecule has 0 aromatic heterocycles. The Labute approximate surface area is 168 Å². The second kappa shape index (κ2) is 8.72. The van der Waals surface area contributed by atoms with Crippen LogP contribution in [0, 0.1) is 16.0 Å². The summed E-state index contributed by atoms with van der Waals surface area (Å²) >= 11 is 0. The molecule has 152 valence electrons. The number of methoxy groups -OCH3 is 1. The lowest BCUT2D eigenvalue weighted by Crippen LogP contribution is -2.34. The number of ether oxygens (including phenoxy) is 1. The van der Waals surface area contributed by atoms with Crippen LogP contribution in [-0.2, 0) is 4.74 Å². The zero-order chi connectivity index (χ0) is 21.0. The Morgan fingerprint density at radius 2 is 1.86 bits per heavy atom. The maximum Gasteiger partial charge on any atom is 0.337 e. The van der Waals surface area contributed by atoms with E-state index in [0.29, 0.717) is 22.9 Å². The van der Waals surface area contributed by atoms with Gasteiger partial charge in [0, 0.05) is 30.4 Å². The first-order chi connectivity index (χ1) is 13.9. The Bertz CT molecular complexity index is 926. The predicted molar refractivity (Wildman–Crippen MR) is 109 cm³/mol. The van der Waals surface area contributed by atoms with Gasteiger partial charge in [0.15, 0.2) is 0 Å². The highest BCUT2D eigenvalue weighted by Gasteiger charge is 2.25. The Morgan fingerprint density at radius 3 is 2.48 bits per heavy atom. The molecule has 0 bridgehead atoms. The number of hydrogen-bond acceptors (Lipinski definition) is 6. The molecule has 29 heavy (non-hydrogen) atoms. The van der Waals surface area contributed by atoms with E-state index in [1.807, 2.05) is 4.90 Å². The van der Waals surface area contributed by atoms with Gasteiger partial charge in [0.25, 0.3) is 11.6 Å². The number of piperidine rings is 1. The van der Waals surface area contributed by atoms with Crippen LogP contribution in [-0.4, -0.2) is 37.0 Å². The molecule has 1 aliphatic heterocycles. The fourth-order valence-electron chi connectivity index (χ4n) is 3.50. The van der Waals surface area contributed by atoms with Gasteiger partial charge in [0.1, 0.15) is 5.69 Å². The van der Waals surface area contributed by atoms with Gasteiger partial charge >= 0.3 is 5.97 Å². The van der Waals surface area contributed by atoms with Crippen LogP contribution in [0.25, 0.3) is 0 Å². The molecule has 1 amide bonds. The number of benzene rings is 2. The number of nitrogens with zero attached hydrogens (tertiary/aromatic N) is 2. The molecule has 0 radical (unpaired) electrons. The molecule has 1 aliphatic rings. The van der Waals surface area contributed by atoms with Crippen LogP contribution < -0.4 is 10.2 Å².